The van der Waals surface area contributed by atoms with E-state index in [1.54, 1.807) is 0 Å². The van der Waals surface area contributed by atoms with E-state index in [4.69, 9.17) is 0 Å². The lowest BCUT2D eigenvalue weighted by Gasteiger charge is -2.22. The van der Waals surface area contributed by atoms with Gasteiger partial charge in [-0.15, -0.1) is 0 Å². The maximum Gasteiger partial charge on any atom is 0.425 e. The summed E-state index contributed by atoms with van der Waals surface area (Å²) in [6.07, 6.45) is -2.91. The fourth-order valence-electron chi connectivity index (χ4n) is 0.656. The van der Waals surface area contributed by atoms with Crippen LogP contribution in [0.3, 0.4) is 0 Å². The SMILES string of the molecule is FC(F)(F)CON=CC1CNC1. The summed E-state index contributed by atoms with van der Waals surface area (Å²) in [5.74, 6) is 0.221. The third kappa shape index (κ3) is 3.56. The van der Waals surface area contributed by atoms with E-state index in [1.807, 2.05) is 0 Å². The maximum atomic E-state index is 11.5. The van der Waals surface area contributed by atoms with Crippen molar-refractivity contribution in [2.45, 2.75) is 6.18 Å². The molecular formula is C6H9F3N2O. The molecule has 1 aliphatic heterocycles. The third-order valence-corrected chi connectivity index (χ3v) is 1.39. The summed E-state index contributed by atoms with van der Waals surface area (Å²) in [6, 6.07) is 0. The molecule has 1 aliphatic rings. The predicted octanol–water partition coefficient (Wildman–Crippen LogP) is 0.770. The van der Waals surface area contributed by atoms with E-state index in [0.29, 0.717) is 0 Å². The lowest BCUT2D eigenvalue weighted by molar-refractivity contribution is -0.173. The van der Waals surface area contributed by atoms with Crippen LogP contribution in [-0.2, 0) is 4.84 Å². The van der Waals surface area contributed by atoms with Crippen molar-refractivity contribution >= 4 is 6.21 Å². The van der Waals surface area contributed by atoms with E-state index in [2.05, 4.69) is 15.3 Å². The molecule has 1 rings (SSSR count). The number of alkyl halides is 3. The van der Waals surface area contributed by atoms with Crippen LogP contribution in [0.2, 0.25) is 0 Å². The van der Waals surface area contributed by atoms with Gasteiger partial charge in [0.05, 0.1) is 0 Å². The number of rotatable bonds is 3. The Kier molecular flexibility index (Phi) is 2.91. The van der Waals surface area contributed by atoms with E-state index in [1.165, 1.54) is 6.21 Å². The first-order valence-electron chi connectivity index (χ1n) is 3.51. The van der Waals surface area contributed by atoms with Gasteiger partial charge in [-0.1, -0.05) is 5.16 Å². The van der Waals surface area contributed by atoms with Crippen molar-refractivity contribution < 1.29 is 18.0 Å². The molecule has 0 bridgehead atoms. The highest BCUT2D eigenvalue weighted by atomic mass is 19.4. The van der Waals surface area contributed by atoms with Gasteiger partial charge in [0.15, 0.2) is 0 Å². The number of oxime groups is 1. The normalized spacial score (nSPS) is 19.6. The quantitative estimate of drug-likeness (QED) is 0.516. The van der Waals surface area contributed by atoms with Gasteiger partial charge in [-0.3, -0.25) is 0 Å². The fourth-order valence-corrected chi connectivity index (χ4v) is 0.656. The second-order valence-corrected chi connectivity index (χ2v) is 2.56. The first-order chi connectivity index (χ1) is 5.58. The molecule has 0 saturated carbocycles. The first-order valence-corrected chi connectivity index (χ1v) is 3.51. The van der Waals surface area contributed by atoms with Crippen molar-refractivity contribution in [3.63, 3.8) is 0 Å². The van der Waals surface area contributed by atoms with Crippen LogP contribution in [0.4, 0.5) is 13.2 Å². The lowest BCUT2D eigenvalue weighted by Crippen LogP contribution is -2.42. The summed E-state index contributed by atoms with van der Waals surface area (Å²) < 4.78 is 34.4. The van der Waals surface area contributed by atoms with Crippen LogP contribution in [0.5, 0.6) is 0 Å². The van der Waals surface area contributed by atoms with E-state index >= 15 is 0 Å². The zero-order valence-electron chi connectivity index (χ0n) is 6.27. The zero-order valence-corrected chi connectivity index (χ0v) is 6.27. The molecule has 0 aromatic carbocycles. The Bertz CT molecular complexity index is 165. The van der Waals surface area contributed by atoms with Crippen LogP contribution in [-0.4, -0.2) is 32.1 Å². The zero-order chi connectivity index (χ0) is 9.03. The summed E-state index contributed by atoms with van der Waals surface area (Å²) in [7, 11) is 0. The van der Waals surface area contributed by atoms with Crippen LogP contribution < -0.4 is 5.32 Å². The Morgan fingerprint density at radius 3 is 2.58 bits per heavy atom. The van der Waals surface area contributed by atoms with Gasteiger partial charge in [0.1, 0.15) is 0 Å². The molecule has 1 N–H and O–H groups in total. The molecule has 1 heterocycles. The average molecular weight is 182 g/mol. The fraction of sp³-hybridized carbons (Fsp3) is 0.833. The average Bonchev–Trinajstić information content (AvgIpc) is 1.80. The molecule has 0 amide bonds. The molecule has 0 aromatic rings. The maximum absolute atomic E-state index is 11.5. The van der Waals surface area contributed by atoms with Crippen LogP contribution in [0, 0.1) is 5.92 Å². The Balaban J connectivity index is 2.04. The van der Waals surface area contributed by atoms with Crippen molar-refractivity contribution in [1.29, 1.82) is 0 Å². The summed E-state index contributed by atoms with van der Waals surface area (Å²) >= 11 is 0. The molecule has 0 radical (unpaired) electrons. The molecule has 1 saturated heterocycles. The molecule has 12 heavy (non-hydrogen) atoms. The molecule has 0 spiro atoms. The Labute approximate surface area is 67.6 Å². The van der Waals surface area contributed by atoms with Crippen LogP contribution in [0.1, 0.15) is 0 Å². The van der Waals surface area contributed by atoms with Gasteiger partial charge in [0, 0.05) is 25.2 Å². The minimum atomic E-state index is -4.30. The molecule has 0 atom stereocenters. The van der Waals surface area contributed by atoms with Crippen molar-refractivity contribution in [3.05, 3.63) is 0 Å². The highest BCUT2D eigenvalue weighted by Gasteiger charge is 2.28. The molecule has 3 nitrogen and oxygen atoms in total. The summed E-state index contributed by atoms with van der Waals surface area (Å²) in [6.45, 7) is 0.210. The molecule has 0 unspecified atom stereocenters. The minimum Gasteiger partial charge on any atom is -0.386 e. The Morgan fingerprint density at radius 2 is 2.17 bits per heavy atom. The van der Waals surface area contributed by atoms with Gasteiger partial charge in [-0.05, 0) is 0 Å². The second-order valence-electron chi connectivity index (χ2n) is 2.56. The largest absolute Gasteiger partial charge is 0.425 e. The topological polar surface area (TPSA) is 33.6 Å². The van der Waals surface area contributed by atoms with E-state index in [9.17, 15) is 13.2 Å². The first kappa shape index (κ1) is 9.31. The van der Waals surface area contributed by atoms with Gasteiger partial charge in [-0.25, -0.2) is 0 Å². The monoisotopic (exact) mass is 182 g/mol. The second kappa shape index (κ2) is 3.75. The van der Waals surface area contributed by atoms with Gasteiger partial charge >= 0.3 is 6.18 Å². The minimum absolute atomic E-state index is 0.221. The van der Waals surface area contributed by atoms with Crippen LogP contribution in [0.25, 0.3) is 0 Å². The molecular weight excluding hydrogens is 173 g/mol. The lowest BCUT2D eigenvalue weighted by atomic mass is 10.1. The third-order valence-electron chi connectivity index (χ3n) is 1.39. The van der Waals surface area contributed by atoms with Gasteiger partial charge in [0.25, 0.3) is 0 Å². The highest BCUT2D eigenvalue weighted by Crippen LogP contribution is 2.14. The van der Waals surface area contributed by atoms with Crippen LogP contribution in [0.15, 0.2) is 5.16 Å². The van der Waals surface area contributed by atoms with E-state index in [-0.39, 0.29) is 5.92 Å². The molecule has 0 aliphatic carbocycles. The predicted molar refractivity (Wildman–Crippen MR) is 36.9 cm³/mol. The molecule has 1 fully saturated rings. The smallest absolute Gasteiger partial charge is 0.386 e. The number of halogens is 3. The summed E-state index contributed by atoms with van der Waals surface area (Å²) in [5, 5.41) is 6.14. The number of nitrogens with one attached hydrogen (secondary N) is 1. The molecule has 70 valence electrons. The standard InChI is InChI=1S/C6H9F3N2O/c7-6(8,9)4-12-11-3-5-1-10-2-5/h3,5,10H,1-2,4H2. The van der Waals surface area contributed by atoms with E-state index in [0.717, 1.165) is 13.1 Å². The summed E-state index contributed by atoms with van der Waals surface area (Å²) in [5.41, 5.74) is 0. The van der Waals surface area contributed by atoms with Crippen molar-refractivity contribution in [1.82, 2.24) is 5.32 Å². The molecule has 6 heteroatoms. The van der Waals surface area contributed by atoms with Gasteiger partial charge in [0.2, 0.25) is 6.61 Å². The Morgan fingerprint density at radius 1 is 1.50 bits per heavy atom. The number of hydrogen-bond acceptors (Lipinski definition) is 3. The highest BCUT2D eigenvalue weighted by molar-refractivity contribution is 5.61. The molecule has 0 aromatic heterocycles. The number of hydrogen-bond donors (Lipinski definition) is 1. The number of nitrogens with zero attached hydrogens (tertiary/aromatic N) is 1. The van der Waals surface area contributed by atoms with Crippen LogP contribution >= 0.6 is 0 Å². The van der Waals surface area contributed by atoms with Crippen molar-refractivity contribution in [3.8, 4) is 0 Å². The Hall–Kier alpha value is -0.780. The van der Waals surface area contributed by atoms with Crippen molar-refractivity contribution in [2.75, 3.05) is 19.7 Å². The van der Waals surface area contributed by atoms with Crippen molar-refractivity contribution in [2.24, 2.45) is 11.1 Å². The van der Waals surface area contributed by atoms with Gasteiger partial charge in [-0.2, -0.15) is 13.2 Å². The van der Waals surface area contributed by atoms with Gasteiger partial charge < -0.3 is 10.2 Å². The van der Waals surface area contributed by atoms with E-state index < -0.39 is 12.8 Å². The summed E-state index contributed by atoms with van der Waals surface area (Å²) in [4.78, 5) is 4.02.